The molecule has 0 saturated carbocycles. The minimum atomic E-state index is -0.597. The zero-order valence-corrected chi connectivity index (χ0v) is 19.0. The van der Waals surface area contributed by atoms with E-state index in [2.05, 4.69) is 16.1 Å². The predicted molar refractivity (Wildman–Crippen MR) is 122 cm³/mol. The van der Waals surface area contributed by atoms with Gasteiger partial charge in [0, 0.05) is 26.1 Å². The molecule has 0 radical (unpaired) electrons. The second-order valence-corrected chi connectivity index (χ2v) is 8.96. The molecule has 2 atom stereocenters. The zero-order chi connectivity index (χ0) is 22.3. The lowest BCUT2D eigenvalue weighted by Crippen LogP contribution is -2.40. The third kappa shape index (κ3) is 7.65. The molecule has 1 N–H and O–H groups in total. The Hall–Kier alpha value is -2.41. The number of methoxy groups -OCH3 is 1. The SMILES string of the molecule is COc1cccc(CN(C[C@@H](O)COC(C)(C)C)C[C@@H]2CC(c3ccccc3)=NO2)c1. The van der Waals surface area contributed by atoms with Gasteiger partial charge in [-0.1, -0.05) is 47.6 Å². The lowest BCUT2D eigenvalue weighted by Gasteiger charge is -2.28. The number of hydrogen-bond acceptors (Lipinski definition) is 6. The summed E-state index contributed by atoms with van der Waals surface area (Å²) in [5.41, 5.74) is 2.88. The van der Waals surface area contributed by atoms with Gasteiger partial charge in [0.15, 0.2) is 0 Å². The van der Waals surface area contributed by atoms with Gasteiger partial charge in [-0.3, -0.25) is 4.90 Å². The van der Waals surface area contributed by atoms with Crippen LogP contribution in [0, 0.1) is 0 Å². The molecule has 0 spiro atoms. The van der Waals surface area contributed by atoms with E-state index in [0.29, 0.717) is 19.6 Å². The molecular weight excluding hydrogens is 392 g/mol. The maximum Gasteiger partial charge on any atom is 0.145 e. The van der Waals surface area contributed by atoms with Crippen LogP contribution >= 0.6 is 0 Å². The molecule has 2 aromatic rings. The third-order valence-electron chi connectivity index (χ3n) is 5.02. The fourth-order valence-electron chi connectivity index (χ4n) is 3.54. The minimum Gasteiger partial charge on any atom is -0.497 e. The van der Waals surface area contributed by atoms with E-state index in [9.17, 15) is 5.11 Å². The van der Waals surface area contributed by atoms with E-state index in [-0.39, 0.29) is 18.3 Å². The zero-order valence-electron chi connectivity index (χ0n) is 19.0. The summed E-state index contributed by atoms with van der Waals surface area (Å²) in [6, 6.07) is 18.1. The topological polar surface area (TPSA) is 63.5 Å². The Bertz CT molecular complexity index is 848. The van der Waals surface area contributed by atoms with Crippen LogP contribution in [-0.2, 0) is 16.1 Å². The second kappa shape index (κ2) is 10.8. The first-order chi connectivity index (χ1) is 14.8. The summed E-state index contributed by atoms with van der Waals surface area (Å²) < 4.78 is 11.1. The highest BCUT2D eigenvalue weighted by Crippen LogP contribution is 2.20. The van der Waals surface area contributed by atoms with E-state index in [1.54, 1.807) is 7.11 Å². The van der Waals surface area contributed by atoms with Gasteiger partial charge in [0.25, 0.3) is 0 Å². The summed E-state index contributed by atoms with van der Waals surface area (Å²) >= 11 is 0. The quantitative estimate of drug-likeness (QED) is 0.625. The van der Waals surface area contributed by atoms with Crippen molar-refractivity contribution in [2.45, 2.75) is 51.5 Å². The largest absolute Gasteiger partial charge is 0.497 e. The molecule has 1 heterocycles. The number of aliphatic hydroxyl groups is 1. The average molecular weight is 427 g/mol. The van der Waals surface area contributed by atoms with E-state index in [1.807, 2.05) is 69.3 Å². The molecule has 0 unspecified atom stereocenters. The Morgan fingerprint density at radius 3 is 2.65 bits per heavy atom. The summed E-state index contributed by atoms with van der Waals surface area (Å²) in [7, 11) is 1.67. The van der Waals surface area contributed by atoms with Crippen LogP contribution in [0.4, 0.5) is 0 Å². The van der Waals surface area contributed by atoms with Crippen molar-refractivity contribution in [2.24, 2.45) is 5.16 Å². The van der Waals surface area contributed by atoms with Gasteiger partial charge in [-0.05, 0) is 44.0 Å². The van der Waals surface area contributed by atoms with Crippen LogP contribution in [0.25, 0.3) is 0 Å². The first-order valence-electron chi connectivity index (χ1n) is 10.8. The fraction of sp³-hybridized carbons (Fsp3) is 0.480. The molecule has 2 aromatic carbocycles. The van der Waals surface area contributed by atoms with Crippen LogP contribution in [0.15, 0.2) is 59.8 Å². The van der Waals surface area contributed by atoms with Gasteiger partial charge >= 0.3 is 0 Å². The van der Waals surface area contributed by atoms with Crippen molar-refractivity contribution < 1.29 is 19.4 Å². The first-order valence-corrected chi connectivity index (χ1v) is 10.8. The van der Waals surface area contributed by atoms with Crippen molar-refractivity contribution in [3.63, 3.8) is 0 Å². The number of nitrogens with zero attached hydrogens (tertiary/aromatic N) is 2. The van der Waals surface area contributed by atoms with E-state index >= 15 is 0 Å². The van der Waals surface area contributed by atoms with Gasteiger partial charge in [-0.25, -0.2) is 0 Å². The highest BCUT2D eigenvalue weighted by Gasteiger charge is 2.26. The number of benzene rings is 2. The molecule has 1 aliphatic heterocycles. The number of ether oxygens (including phenoxy) is 2. The van der Waals surface area contributed by atoms with Gasteiger partial charge in [0.05, 0.1) is 31.1 Å². The van der Waals surface area contributed by atoms with Crippen LogP contribution in [-0.4, -0.2) is 60.3 Å². The van der Waals surface area contributed by atoms with Crippen LogP contribution in [0.1, 0.15) is 38.3 Å². The summed E-state index contributed by atoms with van der Waals surface area (Å²) in [5, 5.41) is 14.9. The Morgan fingerprint density at radius 1 is 1.16 bits per heavy atom. The Balaban J connectivity index is 1.63. The Labute approximate surface area is 185 Å². The molecule has 6 heteroatoms. The third-order valence-corrected chi connectivity index (χ3v) is 5.02. The summed E-state index contributed by atoms with van der Waals surface area (Å²) in [4.78, 5) is 7.93. The molecule has 168 valence electrons. The normalized spacial score (nSPS) is 17.4. The molecule has 0 aromatic heterocycles. The van der Waals surface area contributed by atoms with Crippen molar-refractivity contribution in [3.05, 3.63) is 65.7 Å². The molecule has 6 nitrogen and oxygen atoms in total. The number of rotatable bonds is 10. The molecule has 0 saturated heterocycles. The van der Waals surface area contributed by atoms with Crippen molar-refractivity contribution in [2.75, 3.05) is 26.8 Å². The number of oxime groups is 1. The van der Waals surface area contributed by atoms with Crippen LogP contribution in [0.3, 0.4) is 0 Å². The van der Waals surface area contributed by atoms with Crippen molar-refractivity contribution in [1.29, 1.82) is 0 Å². The smallest absolute Gasteiger partial charge is 0.145 e. The maximum atomic E-state index is 10.6. The molecule has 1 aliphatic rings. The molecule has 3 rings (SSSR count). The average Bonchev–Trinajstić information content (AvgIpc) is 3.21. The summed E-state index contributed by atoms with van der Waals surface area (Å²) in [6.45, 7) is 8.06. The van der Waals surface area contributed by atoms with Gasteiger partial charge in [-0.15, -0.1) is 0 Å². The van der Waals surface area contributed by atoms with Gasteiger partial charge < -0.3 is 19.4 Å². The monoisotopic (exact) mass is 426 g/mol. The van der Waals surface area contributed by atoms with Crippen molar-refractivity contribution in [1.82, 2.24) is 4.90 Å². The molecule has 0 aliphatic carbocycles. The summed E-state index contributed by atoms with van der Waals surface area (Å²) in [6.07, 6.45) is 0.0880. The highest BCUT2D eigenvalue weighted by atomic mass is 16.6. The van der Waals surface area contributed by atoms with E-state index in [0.717, 1.165) is 29.0 Å². The standard InChI is InChI=1S/C25H34N2O4/c1-25(2,3)30-18-21(28)16-27(15-19-9-8-12-22(13-19)29-4)17-23-14-24(26-31-23)20-10-6-5-7-11-20/h5-13,21,23,28H,14-18H2,1-4H3/t21-,23+/m1/s1. The Morgan fingerprint density at radius 2 is 1.94 bits per heavy atom. The van der Waals surface area contributed by atoms with Crippen molar-refractivity contribution >= 4 is 5.71 Å². The lowest BCUT2D eigenvalue weighted by atomic mass is 10.0. The van der Waals surface area contributed by atoms with Gasteiger partial charge in [0.1, 0.15) is 11.9 Å². The van der Waals surface area contributed by atoms with Gasteiger partial charge in [-0.2, -0.15) is 0 Å². The van der Waals surface area contributed by atoms with Crippen molar-refractivity contribution in [3.8, 4) is 5.75 Å². The van der Waals surface area contributed by atoms with E-state index < -0.39 is 6.10 Å². The van der Waals surface area contributed by atoms with E-state index in [1.165, 1.54) is 0 Å². The highest BCUT2D eigenvalue weighted by molar-refractivity contribution is 6.01. The lowest BCUT2D eigenvalue weighted by molar-refractivity contribution is -0.0600. The second-order valence-electron chi connectivity index (χ2n) is 8.96. The predicted octanol–water partition coefficient (Wildman–Crippen LogP) is 3.87. The molecule has 31 heavy (non-hydrogen) atoms. The molecular formula is C25H34N2O4. The number of aliphatic hydroxyl groups excluding tert-OH is 1. The van der Waals surface area contributed by atoms with E-state index in [4.69, 9.17) is 14.3 Å². The summed E-state index contributed by atoms with van der Waals surface area (Å²) in [5.74, 6) is 0.820. The molecule has 0 amide bonds. The Kier molecular flexibility index (Phi) is 8.07. The first kappa shape index (κ1) is 23.3. The minimum absolute atomic E-state index is 0.0588. The fourth-order valence-corrected chi connectivity index (χ4v) is 3.54. The van der Waals surface area contributed by atoms with Crippen LogP contribution in [0.5, 0.6) is 5.75 Å². The number of hydrogen-bond donors (Lipinski definition) is 1. The molecule has 0 fully saturated rings. The van der Waals surface area contributed by atoms with Gasteiger partial charge in [0.2, 0.25) is 0 Å². The van der Waals surface area contributed by atoms with Crippen LogP contribution < -0.4 is 4.74 Å². The maximum absolute atomic E-state index is 10.6. The molecule has 0 bridgehead atoms. The van der Waals surface area contributed by atoms with Crippen LogP contribution in [0.2, 0.25) is 0 Å².